The first-order valence-electron chi connectivity index (χ1n) is 9.26. The van der Waals surface area contributed by atoms with Gasteiger partial charge in [0.2, 0.25) is 5.82 Å². The first-order chi connectivity index (χ1) is 14.5. The van der Waals surface area contributed by atoms with E-state index in [2.05, 4.69) is 32.8 Å². The largest absolute Gasteiger partial charge is 0.508 e. The van der Waals surface area contributed by atoms with E-state index >= 15 is 0 Å². The molecule has 2 heterocycles. The Bertz CT molecular complexity index is 1310. The van der Waals surface area contributed by atoms with Crippen LogP contribution in [-0.4, -0.2) is 34.9 Å². The van der Waals surface area contributed by atoms with Crippen molar-refractivity contribution in [2.24, 2.45) is 0 Å². The van der Waals surface area contributed by atoms with Crippen LogP contribution in [0.15, 0.2) is 29.4 Å². The molecule has 11 heteroatoms. The van der Waals surface area contributed by atoms with E-state index in [9.17, 15) is 23.4 Å². The topological polar surface area (TPSA) is 99.9 Å². The zero-order chi connectivity index (χ0) is 22.7. The van der Waals surface area contributed by atoms with E-state index in [4.69, 9.17) is 0 Å². The molecule has 31 heavy (non-hydrogen) atoms. The maximum atomic E-state index is 13.1. The third-order valence-corrected chi connectivity index (χ3v) is 5.33. The number of H-pyrrole nitrogens is 1. The molecule has 0 amide bonds. The van der Waals surface area contributed by atoms with E-state index in [0.717, 1.165) is 0 Å². The van der Waals surface area contributed by atoms with Crippen molar-refractivity contribution in [3.8, 4) is 28.6 Å². The van der Waals surface area contributed by atoms with Gasteiger partial charge in [-0.25, -0.2) is 4.98 Å². The molecule has 0 saturated carbocycles. The average Bonchev–Trinajstić information content (AvgIpc) is 3.26. The van der Waals surface area contributed by atoms with Crippen molar-refractivity contribution >= 4 is 23.7 Å². The smallest absolute Gasteiger partial charge is 0.449 e. The molecule has 0 fully saturated rings. The fraction of sp³-hybridized carbons (Fsp3) is 0.250. The number of fused-ring (bicyclic) bond motifs is 1. The van der Waals surface area contributed by atoms with Gasteiger partial charge in [0.15, 0.2) is 11.0 Å². The number of nitrogens with one attached hydrogen (secondary N) is 1. The maximum absolute atomic E-state index is 13.1. The number of aryl methyl sites for hydroxylation is 1. The van der Waals surface area contributed by atoms with Crippen LogP contribution in [0.25, 0.3) is 28.1 Å². The number of aromatic hydroxyl groups is 2. The second-order valence-electron chi connectivity index (χ2n) is 7.43. The minimum absolute atomic E-state index is 0.0332. The fourth-order valence-corrected chi connectivity index (χ4v) is 3.73. The number of halogens is 3. The molecule has 0 atom stereocenters. The van der Waals surface area contributed by atoms with Crippen molar-refractivity contribution in [1.82, 2.24) is 24.7 Å². The van der Waals surface area contributed by atoms with E-state index in [1.807, 2.05) is 13.8 Å². The Morgan fingerprint density at radius 3 is 2.45 bits per heavy atom. The molecule has 0 aliphatic rings. The monoisotopic (exact) mass is 449 g/mol. The van der Waals surface area contributed by atoms with Gasteiger partial charge in [-0.05, 0) is 36.6 Å². The van der Waals surface area contributed by atoms with Gasteiger partial charge in [0.25, 0.3) is 0 Å². The number of aromatic nitrogens is 5. The highest BCUT2D eigenvalue weighted by Crippen LogP contribution is 2.39. The molecule has 0 saturated heterocycles. The SMILES string of the molecule is Cc1c(-n2c(S)nnc2-c2cc(C(C)C)c(O)cc2O)ccc2[nH]c(C(F)(F)F)nc12. The summed E-state index contributed by atoms with van der Waals surface area (Å²) in [6.45, 7) is 5.41. The average molecular weight is 449 g/mol. The van der Waals surface area contributed by atoms with E-state index in [-0.39, 0.29) is 39.4 Å². The van der Waals surface area contributed by atoms with Crippen molar-refractivity contribution < 1.29 is 23.4 Å². The van der Waals surface area contributed by atoms with Gasteiger partial charge < -0.3 is 15.2 Å². The minimum atomic E-state index is -4.60. The molecule has 2 aromatic carbocycles. The van der Waals surface area contributed by atoms with Crippen LogP contribution in [0.1, 0.15) is 36.7 Å². The second-order valence-corrected chi connectivity index (χ2v) is 7.83. The first kappa shape index (κ1) is 21.0. The number of aromatic amines is 1. The first-order valence-corrected chi connectivity index (χ1v) is 9.71. The summed E-state index contributed by atoms with van der Waals surface area (Å²) < 4.78 is 40.8. The lowest BCUT2D eigenvalue weighted by Gasteiger charge is -2.15. The lowest BCUT2D eigenvalue weighted by atomic mass is 9.98. The number of rotatable bonds is 3. The summed E-state index contributed by atoms with van der Waals surface area (Å²) >= 11 is 4.34. The Labute approximate surface area is 180 Å². The van der Waals surface area contributed by atoms with Gasteiger partial charge in [-0.3, -0.25) is 4.57 Å². The molecular weight excluding hydrogens is 431 g/mol. The standard InChI is InChI=1S/C20H18F3N5O2S/c1-8(2)10-6-11(15(30)7-14(10)29)17-26-27-19(31)28(17)13-5-4-12-16(9(13)3)25-18(24-12)20(21,22)23/h4-8,29-30H,1-3H3,(H,24,25)(H,27,31). The number of hydrogen-bond donors (Lipinski definition) is 4. The molecule has 4 aromatic rings. The van der Waals surface area contributed by atoms with Crippen LogP contribution >= 0.6 is 12.6 Å². The Hall–Kier alpha value is -3.21. The summed E-state index contributed by atoms with van der Waals surface area (Å²) in [5.41, 5.74) is 2.18. The molecule has 0 aliphatic carbocycles. The quantitative estimate of drug-likeness (QED) is 0.331. The Balaban J connectivity index is 1.95. The molecule has 0 aliphatic heterocycles. The number of benzene rings is 2. The molecule has 2 aromatic heterocycles. The molecule has 3 N–H and O–H groups in total. The third-order valence-electron chi connectivity index (χ3n) is 5.04. The molecule has 4 rings (SSSR count). The Kier molecular flexibility index (Phi) is 4.88. The summed E-state index contributed by atoms with van der Waals surface area (Å²) in [4.78, 5) is 5.99. The van der Waals surface area contributed by atoms with E-state index < -0.39 is 12.0 Å². The maximum Gasteiger partial charge on any atom is 0.449 e. The van der Waals surface area contributed by atoms with Crippen molar-refractivity contribution in [1.29, 1.82) is 0 Å². The number of phenolic OH excluding ortho intramolecular Hbond substituents is 2. The van der Waals surface area contributed by atoms with Crippen molar-refractivity contribution in [2.75, 3.05) is 0 Å². The normalized spacial score (nSPS) is 12.3. The van der Waals surface area contributed by atoms with Gasteiger partial charge in [-0.15, -0.1) is 22.8 Å². The number of phenols is 2. The zero-order valence-electron chi connectivity index (χ0n) is 16.7. The van der Waals surface area contributed by atoms with Gasteiger partial charge in [0.05, 0.1) is 22.3 Å². The molecular formula is C20H18F3N5O2S. The van der Waals surface area contributed by atoms with E-state index in [1.54, 1.807) is 19.1 Å². The van der Waals surface area contributed by atoms with Crippen molar-refractivity contribution in [3.63, 3.8) is 0 Å². The van der Waals surface area contributed by atoms with Gasteiger partial charge in [0, 0.05) is 11.6 Å². The second kappa shape index (κ2) is 7.19. The number of alkyl halides is 3. The predicted molar refractivity (Wildman–Crippen MR) is 111 cm³/mol. The van der Waals surface area contributed by atoms with Crippen LogP contribution in [-0.2, 0) is 6.18 Å². The molecule has 0 radical (unpaired) electrons. The highest BCUT2D eigenvalue weighted by Gasteiger charge is 2.35. The Morgan fingerprint density at radius 2 is 1.81 bits per heavy atom. The van der Waals surface area contributed by atoms with Gasteiger partial charge in [-0.1, -0.05) is 13.8 Å². The summed E-state index contributed by atoms with van der Waals surface area (Å²) in [5.74, 6) is -1.17. The van der Waals surface area contributed by atoms with Crippen LogP contribution in [0, 0.1) is 6.92 Å². The van der Waals surface area contributed by atoms with Gasteiger partial charge in [0.1, 0.15) is 11.5 Å². The number of hydrogen-bond acceptors (Lipinski definition) is 6. The van der Waals surface area contributed by atoms with Crippen LogP contribution < -0.4 is 0 Å². The Morgan fingerprint density at radius 1 is 1.10 bits per heavy atom. The highest BCUT2D eigenvalue weighted by molar-refractivity contribution is 7.80. The molecule has 0 bridgehead atoms. The van der Waals surface area contributed by atoms with E-state index in [1.165, 1.54) is 16.7 Å². The lowest BCUT2D eigenvalue weighted by molar-refractivity contribution is -0.144. The molecule has 7 nitrogen and oxygen atoms in total. The molecule has 0 unspecified atom stereocenters. The van der Waals surface area contributed by atoms with Crippen LogP contribution in [0.3, 0.4) is 0 Å². The summed E-state index contributed by atoms with van der Waals surface area (Å²) in [6, 6.07) is 5.91. The number of imidazole rings is 1. The van der Waals surface area contributed by atoms with Crippen LogP contribution in [0.2, 0.25) is 0 Å². The fourth-order valence-electron chi connectivity index (χ4n) is 3.49. The summed E-state index contributed by atoms with van der Waals surface area (Å²) in [6.07, 6.45) is -4.60. The van der Waals surface area contributed by atoms with Gasteiger partial charge in [-0.2, -0.15) is 13.2 Å². The van der Waals surface area contributed by atoms with Crippen molar-refractivity contribution in [2.45, 2.75) is 38.0 Å². The number of thiol groups is 1. The van der Waals surface area contributed by atoms with Crippen LogP contribution in [0.5, 0.6) is 11.5 Å². The number of nitrogens with zero attached hydrogens (tertiary/aromatic N) is 4. The summed E-state index contributed by atoms with van der Waals surface area (Å²) in [5, 5.41) is 28.8. The van der Waals surface area contributed by atoms with E-state index in [0.29, 0.717) is 22.4 Å². The summed E-state index contributed by atoms with van der Waals surface area (Å²) in [7, 11) is 0. The zero-order valence-corrected chi connectivity index (χ0v) is 17.5. The molecule has 0 spiro atoms. The third kappa shape index (κ3) is 3.48. The molecule has 162 valence electrons. The lowest BCUT2D eigenvalue weighted by Crippen LogP contribution is -2.07. The predicted octanol–water partition coefficient (Wildman–Crippen LogP) is 4.96. The van der Waals surface area contributed by atoms with Crippen LogP contribution in [0.4, 0.5) is 13.2 Å². The minimum Gasteiger partial charge on any atom is -0.508 e. The highest BCUT2D eigenvalue weighted by atomic mass is 32.1. The van der Waals surface area contributed by atoms with Gasteiger partial charge >= 0.3 is 6.18 Å². The van der Waals surface area contributed by atoms with Crippen molar-refractivity contribution in [3.05, 3.63) is 41.2 Å².